The van der Waals surface area contributed by atoms with Crippen LogP contribution in [0.5, 0.6) is 0 Å². The molecule has 0 amide bonds. The minimum atomic E-state index is -0.658. The van der Waals surface area contributed by atoms with Crippen molar-refractivity contribution in [2.24, 2.45) is 0 Å². The summed E-state index contributed by atoms with van der Waals surface area (Å²) in [5.41, 5.74) is 1.88. The highest BCUT2D eigenvalue weighted by Gasteiger charge is 2.33. The molecule has 0 aromatic heterocycles. The minimum Gasteiger partial charge on any atom is -0.388 e. The highest BCUT2D eigenvalue weighted by molar-refractivity contribution is 5.54. The third-order valence-electron chi connectivity index (χ3n) is 4.03. The van der Waals surface area contributed by atoms with E-state index in [4.69, 9.17) is 0 Å². The van der Waals surface area contributed by atoms with Crippen LogP contribution in [-0.4, -0.2) is 29.8 Å². The first-order valence-corrected chi connectivity index (χ1v) is 7.41. The molecule has 1 aliphatic rings. The molecule has 2 unspecified atom stereocenters. The standard InChI is InChI=1S/C16H26N2O/c1-3-11-17-12-10-16(2,19)15-9-8-13-6-4-5-7-14(13)18-15/h4-7,15,17-19H,3,8-12H2,1-2H3. The Kier molecular flexibility index (Phi) is 4.83. The SMILES string of the molecule is CCCNCCC(C)(O)C1CCc2ccccc2N1. The maximum Gasteiger partial charge on any atom is 0.0831 e. The molecule has 1 heterocycles. The molecule has 3 N–H and O–H groups in total. The smallest absolute Gasteiger partial charge is 0.0831 e. The summed E-state index contributed by atoms with van der Waals surface area (Å²) < 4.78 is 0. The van der Waals surface area contributed by atoms with Gasteiger partial charge in [-0.2, -0.15) is 0 Å². The lowest BCUT2D eigenvalue weighted by Crippen LogP contribution is -2.48. The number of anilines is 1. The summed E-state index contributed by atoms with van der Waals surface area (Å²) in [6.07, 6.45) is 3.97. The van der Waals surface area contributed by atoms with E-state index in [-0.39, 0.29) is 6.04 Å². The first-order chi connectivity index (χ1) is 9.13. The number of benzene rings is 1. The molecular formula is C16H26N2O. The third kappa shape index (κ3) is 3.71. The van der Waals surface area contributed by atoms with Crippen molar-refractivity contribution in [1.82, 2.24) is 5.32 Å². The Morgan fingerprint density at radius 2 is 2.16 bits per heavy atom. The quantitative estimate of drug-likeness (QED) is 0.690. The Labute approximate surface area is 116 Å². The van der Waals surface area contributed by atoms with Crippen LogP contribution < -0.4 is 10.6 Å². The van der Waals surface area contributed by atoms with Gasteiger partial charge in [-0.3, -0.25) is 0 Å². The monoisotopic (exact) mass is 262 g/mol. The Balaban J connectivity index is 1.91. The number of para-hydroxylation sites is 1. The molecule has 3 nitrogen and oxygen atoms in total. The molecule has 19 heavy (non-hydrogen) atoms. The molecule has 1 aromatic rings. The maximum atomic E-state index is 10.7. The lowest BCUT2D eigenvalue weighted by molar-refractivity contribution is 0.0278. The van der Waals surface area contributed by atoms with E-state index in [1.165, 1.54) is 11.3 Å². The number of hydrogen-bond acceptors (Lipinski definition) is 3. The van der Waals surface area contributed by atoms with Gasteiger partial charge in [-0.15, -0.1) is 0 Å². The lowest BCUT2D eigenvalue weighted by Gasteiger charge is -2.38. The zero-order valence-corrected chi connectivity index (χ0v) is 12.1. The summed E-state index contributed by atoms with van der Waals surface area (Å²) in [7, 11) is 0. The Morgan fingerprint density at radius 3 is 2.95 bits per heavy atom. The molecule has 0 bridgehead atoms. The van der Waals surface area contributed by atoms with Crippen LogP contribution in [0.1, 0.15) is 38.7 Å². The number of rotatable bonds is 6. The zero-order chi connectivity index (χ0) is 13.7. The molecular weight excluding hydrogens is 236 g/mol. The van der Waals surface area contributed by atoms with Gasteiger partial charge in [0.15, 0.2) is 0 Å². The fourth-order valence-electron chi connectivity index (χ4n) is 2.72. The average molecular weight is 262 g/mol. The van der Waals surface area contributed by atoms with Crippen LogP contribution in [0, 0.1) is 0 Å². The second-order valence-electron chi connectivity index (χ2n) is 5.75. The summed E-state index contributed by atoms with van der Waals surface area (Å²) in [5.74, 6) is 0. The molecule has 0 aliphatic carbocycles. The van der Waals surface area contributed by atoms with E-state index in [0.717, 1.165) is 38.8 Å². The molecule has 1 aliphatic heterocycles. The van der Waals surface area contributed by atoms with Crippen LogP contribution in [0.25, 0.3) is 0 Å². The third-order valence-corrected chi connectivity index (χ3v) is 4.03. The predicted octanol–water partition coefficient (Wildman–Crippen LogP) is 2.55. The van der Waals surface area contributed by atoms with E-state index in [1.807, 2.05) is 13.0 Å². The highest BCUT2D eigenvalue weighted by atomic mass is 16.3. The van der Waals surface area contributed by atoms with E-state index < -0.39 is 5.60 Å². The number of aliphatic hydroxyl groups is 1. The topological polar surface area (TPSA) is 44.3 Å². The van der Waals surface area contributed by atoms with Gasteiger partial charge in [-0.25, -0.2) is 0 Å². The summed E-state index contributed by atoms with van der Waals surface area (Å²) >= 11 is 0. The predicted molar refractivity (Wildman–Crippen MR) is 80.6 cm³/mol. The molecule has 0 saturated carbocycles. The van der Waals surface area contributed by atoms with E-state index in [1.54, 1.807) is 0 Å². The summed E-state index contributed by atoms with van der Waals surface area (Å²) in [5, 5.41) is 17.5. The normalized spacial score (nSPS) is 21.3. The average Bonchev–Trinajstić information content (AvgIpc) is 2.43. The number of hydrogen-bond donors (Lipinski definition) is 3. The second kappa shape index (κ2) is 6.40. The molecule has 106 valence electrons. The number of nitrogens with one attached hydrogen (secondary N) is 2. The second-order valence-corrected chi connectivity index (χ2v) is 5.75. The van der Waals surface area contributed by atoms with Crippen LogP contribution in [0.4, 0.5) is 5.69 Å². The van der Waals surface area contributed by atoms with Crippen LogP contribution in [0.3, 0.4) is 0 Å². The number of aryl methyl sites for hydroxylation is 1. The minimum absolute atomic E-state index is 0.144. The highest BCUT2D eigenvalue weighted by Crippen LogP contribution is 2.30. The van der Waals surface area contributed by atoms with E-state index in [0.29, 0.717) is 0 Å². The first kappa shape index (κ1) is 14.4. The maximum absolute atomic E-state index is 10.7. The van der Waals surface area contributed by atoms with Gasteiger partial charge >= 0.3 is 0 Å². The van der Waals surface area contributed by atoms with Gasteiger partial charge in [0.05, 0.1) is 11.6 Å². The van der Waals surface area contributed by atoms with E-state index >= 15 is 0 Å². The van der Waals surface area contributed by atoms with Crippen molar-refractivity contribution in [3.63, 3.8) is 0 Å². The Morgan fingerprint density at radius 1 is 1.37 bits per heavy atom. The van der Waals surface area contributed by atoms with Gasteiger partial charge in [0.2, 0.25) is 0 Å². The molecule has 2 atom stereocenters. The van der Waals surface area contributed by atoms with Crippen molar-refractivity contribution < 1.29 is 5.11 Å². The summed E-state index contributed by atoms with van der Waals surface area (Å²) in [6, 6.07) is 8.54. The van der Waals surface area contributed by atoms with Crippen molar-refractivity contribution in [1.29, 1.82) is 0 Å². The fourth-order valence-corrected chi connectivity index (χ4v) is 2.72. The molecule has 0 spiro atoms. The lowest BCUT2D eigenvalue weighted by atomic mass is 9.85. The van der Waals surface area contributed by atoms with Crippen molar-refractivity contribution in [2.75, 3.05) is 18.4 Å². The van der Waals surface area contributed by atoms with Gasteiger partial charge in [0, 0.05) is 5.69 Å². The van der Waals surface area contributed by atoms with Gasteiger partial charge in [0.25, 0.3) is 0 Å². The number of fused-ring (bicyclic) bond motifs is 1. The van der Waals surface area contributed by atoms with Crippen molar-refractivity contribution in [3.8, 4) is 0 Å². The van der Waals surface area contributed by atoms with Gasteiger partial charge in [0.1, 0.15) is 0 Å². The van der Waals surface area contributed by atoms with Gasteiger partial charge < -0.3 is 15.7 Å². The summed E-state index contributed by atoms with van der Waals surface area (Å²) in [6.45, 7) is 6.01. The Hall–Kier alpha value is -1.06. The molecule has 0 saturated heterocycles. The van der Waals surface area contributed by atoms with Crippen molar-refractivity contribution in [3.05, 3.63) is 29.8 Å². The van der Waals surface area contributed by atoms with E-state index in [9.17, 15) is 5.11 Å². The van der Waals surface area contributed by atoms with Crippen molar-refractivity contribution in [2.45, 2.75) is 51.2 Å². The summed E-state index contributed by atoms with van der Waals surface area (Å²) in [4.78, 5) is 0. The molecule has 1 aromatic carbocycles. The van der Waals surface area contributed by atoms with Crippen LogP contribution in [0.2, 0.25) is 0 Å². The molecule has 2 rings (SSSR count). The molecule has 0 fully saturated rings. The molecule has 0 radical (unpaired) electrons. The fraction of sp³-hybridized carbons (Fsp3) is 0.625. The zero-order valence-electron chi connectivity index (χ0n) is 12.1. The first-order valence-electron chi connectivity index (χ1n) is 7.41. The molecule has 3 heteroatoms. The Bertz CT molecular complexity index is 403. The van der Waals surface area contributed by atoms with E-state index in [2.05, 4.69) is 35.8 Å². The van der Waals surface area contributed by atoms with Crippen LogP contribution >= 0.6 is 0 Å². The van der Waals surface area contributed by atoms with Crippen LogP contribution in [0.15, 0.2) is 24.3 Å². The van der Waals surface area contributed by atoms with Crippen LogP contribution in [-0.2, 0) is 6.42 Å². The largest absolute Gasteiger partial charge is 0.388 e. The van der Waals surface area contributed by atoms with Gasteiger partial charge in [-0.05, 0) is 57.3 Å². The van der Waals surface area contributed by atoms with Gasteiger partial charge in [-0.1, -0.05) is 25.1 Å². The van der Waals surface area contributed by atoms with Crippen molar-refractivity contribution >= 4 is 5.69 Å².